The van der Waals surface area contributed by atoms with Crippen molar-refractivity contribution in [2.45, 2.75) is 60.3 Å². The second-order valence-corrected chi connectivity index (χ2v) is 6.20. The third kappa shape index (κ3) is 9.71. The van der Waals surface area contributed by atoms with Crippen molar-refractivity contribution < 1.29 is 4.79 Å². The van der Waals surface area contributed by atoms with Crippen molar-refractivity contribution >= 4 is 6.29 Å². The van der Waals surface area contributed by atoms with Gasteiger partial charge in [0.15, 0.2) is 0 Å². The molecule has 0 unspecified atom stereocenters. The van der Waals surface area contributed by atoms with Crippen molar-refractivity contribution in [2.75, 3.05) is 0 Å². The summed E-state index contributed by atoms with van der Waals surface area (Å²) in [5.41, 5.74) is 0.601. The minimum atomic E-state index is 0.277. The van der Waals surface area contributed by atoms with E-state index < -0.39 is 0 Å². The summed E-state index contributed by atoms with van der Waals surface area (Å²) in [5.74, 6) is 0. The number of allylic oxidation sites excluding steroid dienone is 2. The molecule has 0 aliphatic heterocycles. The van der Waals surface area contributed by atoms with Gasteiger partial charge in [0.05, 0.1) is 0 Å². The van der Waals surface area contributed by atoms with Crippen molar-refractivity contribution in [2.24, 2.45) is 10.8 Å². The summed E-state index contributed by atoms with van der Waals surface area (Å²) < 4.78 is 0. The third-order valence-electron chi connectivity index (χ3n) is 2.46. The second-order valence-electron chi connectivity index (χ2n) is 6.20. The van der Waals surface area contributed by atoms with Crippen LogP contribution in [0.1, 0.15) is 60.3 Å². The van der Waals surface area contributed by atoms with E-state index in [1.807, 2.05) is 0 Å². The lowest BCUT2D eigenvalue weighted by atomic mass is 9.83. The van der Waals surface area contributed by atoms with E-state index in [0.717, 1.165) is 25.5 Å². The Morgan fingerprint density at radius 1 is 1.07 bits per heavy atom. The van der Waals surface area contributed by atoms with Gasteiger partial charge in [-0.15, -0.1) is 0 Å². The molecule has 0 saturated carbocycles. The molecule has 0 fully saturated rings. The summed E-state index contributed by atoms with van der Waals surface area (Å²) >= 11 is 0. The summed E-state index contributed by atoms with van der Waals surface area (Å²) in [4.78, 5) is 10.2. The lowest BCUT2D eigenvalue weighted by molar-refractivity contribution is -0.108. The van der Waals surface area contributed by atoms with E-state index >= 15 is 0 Å². The highest BCUT2D eigenvalue weighted by Crippen LogP contribution is 2.28. The topological polar surface area (TPSA) is 17.1 Å². The van der Waals surface area contributed by atoms with E-state index in [4.69, 9.17) is 0 Å². The van der Waals surface area contributed by atoms with Crippen LogP contribution < -0.4 is 0 Å². The van der Waals surface area contributed by atoms with Crippen LogP contribution >= 0.6 is 0 Å². The molecule has 15 heavy (non-hydrogen) atoms. The van der Waals surface area contributed by atoms with Crippen molar-refractivity contribution in [1.29, 1.82) is 0 Å². The molecule has 1 nitrogen and oxygen atoms in total. The summed E-state index contributed by atoms with van der Waals surface area (Å²) in [7, 11) is 0. The molecule has 0 aromatic carbocycles. The molecule has 0 aromatic heterocycles. The van der Waals surface area contributed by atoms with Gasteiger partial charge in [-0.1, -0.05) is 46.8 Å². The molecule has 0 N–H and O–H groups in total. The maximum absolute atomic E-state index is 10.2. The molecule has 0 rings (SSSR count). The standard InChI is InChI=1S/C14H26O/c1-13(2,3)9-8-11-14(4,5)10-6-7-12-15/h8-9,12H,6-7,10-11H2,1-5H3/b9-8+. The zero-order chi connectivity index (χ0) is 11.9. The maximum Gasteiger partial charge on any atom is 0.119 e. The first-order valence-electron chi connectivity index (χ1n) is 5.88. The van der Waals surface area contributed by atoms with Crippen molar-refractivity contribution in [3.05, 3.63) is 12.2 Å². The Bertz CT molecular complexity index is 206. The molecular weight excluding hydrogens is 184 g/mol. The van der Waals surface area contributed by atoms with Gasteiger partial charge >= 0.3 is 0 Å². The van der Waals surface area contributed by atoms with E-state index in [1.54, 1.807) is 0 Å². The van der Waals surface area contributed by atoms with Gasteiger partial charge in [-0.2, -0.15) is 0 Å². The summed E-state index contributed by atoms with van der Waals surface area (Å²) in [6, 6.07) is 0. The second kappa shape index (κ2) is 6.09. The highest BCUT2D eigenvalue weighted by Gasteiger charge is 2.15. The SMILES string of the molecule is CC(C)(C)/C=C/CC(C)(C)CCCC=O. The Morgan fingerprint density at radius 2 is 1.67 bits per heavy atom. The number of unbranched alkanes of at least 4 members (excludes halogenated alkanes) is 1. The van der Waals surface area contributed by atoms with Crippen molar-refractivity contribution in [1.82, 2.24) is 0 Å². The monoisotopic (exact) mass is 210 g/mol. The van der Waals surface area contributed by atoms with Gasteiger partial charge in [0.2, 0.25) is 0 Å². The van der Waals surface area contributed by atoms with Gasteiger partial charge in [-0.3, -0.25) is 0 Å². The van der Waals surface area contributed by atoms with Crippen LogP contribution in [-0.2, 0) is 4.79 Å². The molecule has 88 valence electrons. The number of carbonyl (C=O) groups excluding carboxylic acids is 1. The van der Waals surface area contributed by atoms with Crippen LogP contribution in [0.3, 0.4) is 0 Å². The quantitative estimate of drug-likeness (QED) is 0.361. The van der Waals surface area contributed by atoms with Gasteiger partial charge < -0.3 is 4.79 Å². The average Bonchev–Trinajstić information content (AvgIpc) is 2.01. The molecule has 0 amide bonds. The number of carbonyl (C=O) groups is 1. The fraction of sp³-hybridized carbons (Fsp3) is 0.786. The molecule has 1 heteroatoms. The van der Waals surface area contributed by atoms with E-state index in [-0.39, 0.29) is 5.41 Å². The number of hydrogen-bond donors (Lipinski definition) is 0. The smallest absolute Gasteiger partial charge is 0.119 e. The minimum absolute atomic E-state index is 0.277. The highest BCUT2D eigenvalue weighted by atomic mass is 16.1. The fourth-order valence-corrected chi connectivity index (χ4v) is 1.50. The predicted octanol–water partition coefficient (Wildman–Crippen LogP) is 4.37. The summed E-state index contributed by atoms with van der Waals surface area (Å²) in [6.45, 7) is 11.2. The number of rotatable bonds is 6. The van der Waals surface area contributed by atoms with Gasteiger partial charge in [0, 0.05) is 6.42 Å². The van der Waals surface area contributed by atoms with E-state index in [1.165, 1.54) is 0 Å². The first-order chi connectivity index (χ1) is 6.77. The third-order valence-corrected chi connectivity index (χ3v) is 2.46. The molecule has 0 aliphatic rings. The van der Waals surface area contributed by atoms with Crippen LogP contribution in [-0.4, -0.2) is 6.29 Å². The first-order valence-corrected chi connectivity index (χ1v) is 5.88. The van der Waals surface area contributed by atoms with E-state index in [9.17, 15) is 4.79 Å². The van der Waals surface area contributed by atoms with Crippen LogP contribution in [0, 0.1) is 10.8 Å². The Morgan fingerprint density at radius 3 is 2.13 bits per heavy atom. The molecule has 0 atom stereocenters. The fourth-order valence-electron chi connectivity index (χ4n) is 1.50. The zero-order valence-corrected chi connectivity index (χ0v) is 11.0. The molecule has 0 bridgehead atoms. The lowest BCUT2D eigenvalue weighted by Crippen LogP contribution is -2.10. The van der Waals surface area contributed by atoms with Gasteiger partial charge in [0.25, 0.3) is 0 Å². The Hall–Kier alpha value is -0.590. The molecular formula is C14H26O. The van der Waals surface area contributed by atoms with Gasteiger partial charge in [-0.05, 0) is 30.1 Å². The Kier molecular flexibility index (Phi) is 5.85. The zero-order valence-electron chi connectivity index (χ0n) is 11.0. The molecule has 0 saturated heterocycles. The van der Waals surface area contributed by atoms with Crippen molar-refractivity contribution in [3.8, 4) is 0 Å². The van der Waals surface area contributed by atoms with Crippen LogP contribution in [0.15, 0.2) is 12.2 Å². The highest BCUT2D eigenvalue weighted by molar-refractivity contribution is 5.48. The average molecular weight is 210 g/mol. The molecule has 0 heterocycles. The molecule has 0 aliphatic carbocycles. The van der Waals surface area contributed by atoms with Crippen molar-refractivity contribution in [3.63, 3.8) is 0 Å². The van der Waals surface area contributed by atoms with Crippen LogP contribution in [0.5, 0.6) is 0 Å². The Labute approximate surface area is 95.0 Å². The molecule has 0 aromatic rings. The van der Waals surface area contributed by atoms with Gasteiger partial charge in [0.1, 0.15) is 6.29 Å². The van der Waals surface area contributed by atoms with E-state index in [0.29, 0.717) is 11.8 Å². The lowest BCUT2D eigenvalue weighted by Gasteiger charge is -2.23. The summed E-state index contributed by atoms with van der Waals surface area (Å²) in [5, 5.41) is 0. The number of aldehydes is 1. The normalized spacial score (nSPS) is 13.4. The molecule has 0 spiro atoms. The predicted molar refractivity (Wildman–Crippen MR) is 66.9 cm³/mol. The Balaban J connectivity index is 3.92. The first kappa shape index (κ1) is 14.4. The summed E-state index contributed by atoms with van der Waals surface area (Å²) in [6.07, 6.45) is 9.51. The van der Waals surface area contributed by atoms with Crippen LogP contribution in [0.4, 0.5) is 0 Å². The minimum Gasteiger partial charge on any atom is -0.303 e. The van der Waals surface area contributed by atoms with Crippen LogP contribution in [0.25, 0.3) is 0 Å². The van der Waals surface area contributed by atoms with E-state index in [2.05, 4.69) is 46.8 Å². The van der Waals surface area contributed by atoms with Crippen LogP contribution in [0.2, 0.25) is 0 Å². The molecule has 0 radical (unpaired) electrons. The number of hydrogen-bond acceptors (Lipinski definition) is 1. The maximum atomic E-state index is 10.2. The largest absolute Gasteiger partial charge is 0.303 e. The van der Waals surface area contributed by atoms with Gasteiger partial charge in [-0.25, -0.2) is 0 Å².